The van der Waals surface area contributed by atoms with Crippen molar-refractivity contribution < 1.29 is 4.39 Å². The number of benzene rings is 2. The van der Waals surface area contributed by atoms with Crippen molar-refractivity contribution in [3.63, 3.8) is 0 Å². The molecule has 0 bridgehead atoms. The summed E-state index contributed by atoms with van der Waals surface area (Å²) >= 11 is 7.64. The zero-order valence-corrected chi connectivity index (χ0v) is 17.8. The van der Waals surface area contributed by atoms with Gasteiger partial charge in [0, 0.05) is 16.3 Å². The molecule has 0 N–H and O–H groups in total. The molecule has 0 aliphatic rings. The molecule has 0 aliphatic heterocycles. The Morgan fingerprint density at radius 3 is 2.50 bits per heavy atom. The molecule has 0 radical (unpaired) electrons. The SMILES string of the molecule is CC[C@@H](c1nnc(SCc2c(F)cccc2Cl)n1Cc1ccccc1)N(C)C. The minimum Gasteiger partial charge on any atom is -0.300 e. The number of hydrogen-bond acceptors (Lipinski definition) is 4. The Bertz CT molecular complexity index is 894. The van der Waals surface area contributed by atoms with Crippen molar-refractivity contribution in [1.29, 1.82) is 0 Å². The fourth-order valence-corrected chi connectivity index (χ4v) is 4.44. The number of halogens is 2. The van der Waals surface area contributed by atoms with E-state index in [4.69, 9.17) is 11.6 Å². The molecule has 0 unspecified atom stereocenters. The molecular formula is C21H24ClFN4S. The van der Waals surface area contributed by atoms with Gasteiger partial charge in [-0.1, -0.05) is 66.7 Å². The lowest BCUT2D eigenvalue weighted by molar-refractivity contribution is 0.272. The Balaban J connectivity index is 1.92. The van der Waals surface area contributed by atoms with Gasteiger partial charge in [0.15, 0.2) is 11.0 Å². The van der Waals surface area contributed by atoms with E-state index in [9.17, 15) is 4.39 Å². The Hall–Kier alpha value is -1.89. The van der Waals surface area contributed by atoms with Crippen molar-refractivity contribution in [2.45, 2.75) is 36.8 Å². The van der Waals surface area contributed by atoms with Crippen molar-refractivity contribution >= 4 is 23.4 Å². The van der Waals surface area contributed by atoms with Crippen molar-refractivity contribution in [1.82, 2.24) is 19.7 Å². The van der Waals surface area contributed by atoms with Gasteiger partial charge in [0.2, 0.25) is 0 Å². The third kappa shape index (κ3) is 4.74. The fraction of sp³-hybridized carbons (Fsp3) is 0.333. The molecule has 0 amide bonds. The smallest absolute Gasteiger partial charge is 0.191 e. The summed E-state index contributed by atoms with van der Waals surface area (Å²) in [7, 11) is 4.09. The first-order valence-electron chi connectivity index (χ1n) is 9.20. The average molecular weight is 419 g/mol. The maximum atomic E-state index is 14.1. The Morgan fingerprint density at radius 1 is 1.11 bits per heavy atom. The van der Waals surface area contributed by atoms with Crippen LogP contribution in [0.3, 0.4) is 0 Å². The monoisotopic (exact) mass is 418 g/mol. The van der Waals surface area contributed by atoms with E-state index < -0.39 is 0 Å². The van der Waals surface area contributed by atoms with E-state index in [0.717, 1.165) is 17.4 Å². The normalized spacial score (nSPS) is 12.5. The minimum absolute atomic E-state index is 0.155. The highest BCUT2D eigenvalue weighted by Crippen LogP contribution is 2.30. The van der Waals surface area contributed by atoms with E-state index in [-0.39, 0.29) is 11.9 Å². The Morgan fingerprint density at radius 2 is 1.86 bits per heavy atom. The van der Waals surface area contributed by atoms with Crippen LogP contribution in [0.25, 0.3) is 0 Å². The van der Waals surface area contributed by atoms with Crippen LogP contribution in [-0.4, -0.2) is 33.8 Å². The number of rotatable bonds is 8. The molecule has 148 valence electrons. The first-order valence-corrected chi connectivity index (χ1v) is 10.6. The molecule has 2 aromatic carbocycles. The maximum Gasteiger partial charge on any atom is 0.191 e. The van der Waals surface area contributed by atoms with Gasteiger partial charge in [-0.05, 0) is 38.2 Å². The van der Waals surface area contributed by atoms with E-state index in [0.29, 0.717) is 22.9 Å². The van der Waals surface area contributed by atoms with Crippen molar-refractivity contribution in [2.75, 3.05) is 14.1 Å². The molecule has 1 heterocycles. The van der Waals surface area contributed by atoms with Gasteiger partial charge < -0.3 is 4.57 Å². The van der Waals surface area contributed by atoms with E-state index in [2.05, 4.69) is 38.7 Å². The lowest BCUT2D eigenvalue weighted by atomic mass is 10.2. The van der Waals surface area contributed by atoms with Crippen LogP contribution >= 0.6 is 23.4 Å². The predicted octanol–water partition coefficient (Wildman–Crippen LogP) is 5.42. The molecule has 0 saturated heterocycles. The summed E-state index contributed by atoms with van der Waals surface area (Å²) in [6, 6.07) is 15.1. The maximum absolute atomic E-state index is 14.1. The van der Waals surface area contributed by atoms with Gasteiger partial charge in [0.05, 0.1) is 12.6 Å². The van der Waals surface area contributed by atoms with Crippen LogP contribution in [-0.2, 0) is 12.3 Å². The van der Waals surface area contributed by atoms with Gasteiger partial charge >= 0.3 is 0 Å². The highest BCUT2D eigenvalue weighted by atomic mass is 35.5. The third-order valence-electron chi connectivity index (χ3n) is 4.64. The molecule has 7 heteroatoms. The van der Waals surface area contributed by atoms with Gasteiger partial charge in [-0.15, -0.1) is 10.2 Å². The molecule has 0 saturated carbocycles. The second kappa shape index (κ2) is 9.54. The molecule has 0 spiro atoms. The number of nitrogens with zero attached hydrogens (tertiary/aromatic N) is 4. The van der Waals surface area contributed by atoms with E-state index >= 15 is 0 Å². The quantitative estimate of drug-likeness (QED) is 0.457. The summed E-state index contributed by atoms with van der Waals surface area (Å²) in [4.78, 5) is 2.15. The zero-order chi connectivity index (χ0) is 20.1. The average Bonchev–Trinajstić information content (AvgIpc) is 3.05. The first-order chi connectivity index (χ1) is 13.5. The third-order valence-corrected chi connectivity index (χ3v) is 5.99. The van der Waals surface area contributed by atoms with Crippen molar-refractivity contribution in [3.05, 3.63) is 76.3 Å². The Labute approximate surface area is 174 Å². The van der Waals surface area contributed by atoms with Crippen molar-refractivity contribution in [3.8, 4) is 0 Å². The molecule has 1 aromatic heterocycles. The lowest BCUT2D eigenvalue weighted by Crippen LogP contribution is -2.23. The summed E-state index contributed by atoms with van der Waals surface area (Å²) in [5.74, 6) is 1.02. The van der Waals surface area contributed by atoms with E-state index in [1.807, 2.05) is 32.3 Å². The van der Waals surface area contributed by atoms with Gasteiger partial charge in [-0.25, -0.2) is 4.39 Å². The molecular weight excluding hydrogens is 395 g/mol. The number of aromatic nitrogens is 3. The summed E-state index contributed by atoms with van der Waals surface area (Å²) in [6.45, 7) is 2.80. The zero-order valence-electron chi connectivity index (χ0n) is 16.3. The van der Waals surface area contributed by atoms with E-state index in [1.165, 1.54) is 23.4 Å². The summed E-state index contributed by atoms with van der Waals surface area (Å²) < 4.78 is 16.3. The van der Waals surface area contributed by atoms with Gasteiger partial charge in [0.1, 0.15) is 5.82 Å². The molecule has 28 heavy (non-hydrogen) atoms. The molecule has 3 rings (SSSR count). The van der Waals surface area contributed by atoms with Crippen LogP contribution in [0.2, 0.25) is 5.02 Å². The number of thioether (sulfide) groups is 1. The highest BCUT2D eigenvalue weighted by molar-refractivity contribution is 7.98. The molecule has 0 fully saturated rings. The van der Waals surface area contributed by atoms with Gasteiger partial charge in [0.25, 0.3) is 0 Å². The number of hydrogen-bond donors (Lipinski definition) is 0. The van der Waals surface area contributed by atoms with Crippen LogP contribution in [0.5, 0.6) is 0 Å². The fourth-order valence-electron chi connectivity index (χ4n) is 3.15. The van der Waals surface area contributed by atoms with Crippen LogP contribution < -0.4 is 0 Å². The second-order valence-electron chi connectivity index (χ2n) is 6.79. The van der Waals surface area contributed by atoms with Crippen molar-refractivity contribution in [2.24, 2.45) is 0 Å². The minimum atomic E-state index is -0.297. The Kier molecular flexibility index (Phi) is 7.10. The largest absolute Gasteiger partial charge is 0.300 e. The van der Waals surface area contributed by atoms with E-state index in [1.54, 1.807) is 12.1 Å². The predicted molar refractivity (Wildman–Crippen MR) is 113 cm³/mol. The highest BCUT2D eigenvalue weighted by Gasteiger charge is 2.22. The standard InChI is InChI=1S/C21H24ClFN4S/c1-4-19(26(2)3)20-24-25-21(27(20)13-15-9-6-5-7-10-15)28-14-16-17(22)11-8-12-18(16)23/h5-12,19H,4,13-14H2,1-3H3/t19-/m0/s1. The first kappa shape index (κ1) is 20.8. The lowest BCUT2D eigenvalue weighted by Gasteiger charge is -2.23. The molecule has 3 aromatic rings. The summed E-state index contributed by atoms with van der Waals surface area (Å²) in [5.41, 5.74) is 1.66. The molecule has 0 aliphatic carbocycles. The van der Waals surface area contributed by atoms with Gasteiger partial charge in [-0.2, -0.15) is 0 Å². The molecule has 1 atom stereocenters. The van der Waals surface area contributed by atoms with Crippen LogP contribution in [0.4, 0.5) is 4.39 Å². The van der Waals surface area contributed by atoms with Crippen LogP contribution in [0.1, 0.15) is 36.3 Å². The van der Waals surface area contributed by atoms with Crippen LogP contribution in [0, 0.1) is 5.82 Å². The summed E-state index contributed by atoms with van der Waals surface area (Å²) in [6.07, 6.45) is 0.920. The van der Waals surface area contributed by atoms with Gasteiger partial charge in [-0.3, -0.25) is 4.90 Å². The summed E-state index contributed by atoms with van der Waals surface area (Å²) in [5, 5.41) is 10.1. The van der Waals surface area contributed by atoms with Crippen LogP contribution in [0.15, 0.2) is 53.7 Å². The topological polar surface area (TPSA) is 34.0 Å². The molecule has 4 nitrogen and oxygen atoms in total. The second-order valence-corrected chi connectivity index (χ2v) is 8.14.